The fourth-order valence-corrected chi connectivity index (χ4v) is 8.09. The summed E-state index contributed by atoms with van der Waals surface area (Å²) in [4.78, 5) is 2.37. The van der Waals surface area contributed by atoms with E-state index in [1.807, 2.05) is 0 Å². The van der Waals surface area contributed by atoms with E-state index in [2.05, 4.69) is 228 Å². The third kappa shape index (κ3) is 5.44. The average molecular weight is 689 g/mol. The minimum Gasteiger partial charge on any atom is -0.310 e. The van der Waals surface area contributed by atoms with Crippen LogP contribution in [0, 0.1) is 0 Å². The lowest BCUT2D eigenvalue weighted by Crippen LogP contribution is -2.10. The molecule has 0 aliphatic heterocycles. The number of aromatic nitrogens is 1. The Bertz CT molecular complexity index is 2850. The lowest BCUT2D eigenvalue weighted by atomic mass is 9.96. The van der Waals surface area contributed by atoms with Gasteiger partial charge in [-0.3, -0.25) is 0 Å². The van der Waals surface area contributed by atoms with Crippen LogP contribution in [-0.4, -0.2) is 4.57 Å². The van der Waals surface area contributed by atoms with Crippen LogP contribution in [0.4, 0.5) is 17.1 Å². The molecular formula is C52H36N2. The molecule has 2 nitrogen and oxygen atoms in total. The second-order valence-corrected chi connectivity index (χ2v) is 13.7. The maximum atomic E-state index is 2.41. The Hall–Kier alpha value is -7.16. The molecule has 0 unspecified atom stereocenters. The molecule has 0 aliphatic rings. The summed E-state index contributed by atoms with van der Waals surface area (Å²) in [7, 11) is 0. The van der Waals surface area contributed by atoms with Crippen LogP contribution in [0.5, 0.6) is 0 Å². The van der Waals surface area contributed by atoms with Crippen molar-refractivity contribution in [3.05, 3.63) is 218 Å². The number of hydrogen-bond donors (Lipinski definition) is 0. The molecule has 0 aliphatic carbocycles. The van der Waals surface area contributed by atoms with E-state index in [0.717, 1.165) is 17.1 Å². The number of para-hydroxylation sites is 4. The van der Waals surface area contributed by atoms with Gasteiger partial charge in [0, 0.05) is 33.1 Å². The number of rotatable bonds is 7. The quantitative estimate of drug-likeness (QED) is 0.162. The van der Waals surface area contributed by atoms with Crippen molar-refractivity contribution in [2.24, 2.45) is 0 Å². The molecule has 0 amide bonds. The van der Waals surface area contributed by atoms with Gasteiger partial charge in [-0.15, -0.1) is 0 Å². The topological polar surface area (TPSA) is 8.17 Å². The van der Waals surface area contributed by atoms with Gasteiger partial charge in [-0.2, -0.15) is 0 Å². The Kier molecular flexibility index (Phi) is 7.85. The normalized spacial score (nSPS) is 11.3. The highest BCUT2D eigenvalue weighted by Gasteiger charge is 2.18. The Labute approximate surface area is 315 Å². The predicted molar refractivity (Wildman–Crippen MR) is 229 cm³/mol. The van der Waals surface area contributed by atoms with E-state index in [4.69, 9.17) is 0 Å². The highest BCUT2D eigenvalue weighted by Crippen LogP contribution is 2.43. The second kappa shape index (κ2) is 13.4. The average Bonchev–Trinajstić information content (AvgIpc) is 3.59. The van der Waals surface area contributed by atoms with E-state index in [1.165, 1.54) is 71.6 Å². The summed E-state index contributed by atoms with van der Waals surface area (Å²) >= 11 is 0. The smallest absolute Gasteiger partial charge is 0.0541 e. The molecule has 54 heavy (non-hydrogen) atoms. The SMILES string of the molecule is c1ccc(-c2ccc(N(c3ccccc3)c3ccc(-c4ccc(-c5ccccc5-n5c6ccccc6c6ccccc65)cc4)cc3)c3ccccc23)cc1. The van der Waals surface area contributed by atoms with E-state index in [1.54, 1.807) is 0 Å². The molecule has 10 rings (SSSR count). The summed E-state index contributed by atoms with van der Waals surface area (Å²) in [5, 5.41) is 4.98. The van der Waals surface area contributed by atoms with Crippen LogP contribution in [0.25, 0.3) is 71.6 Å². The maximum Gasteiger partial charge on any atom is 0.0541 e. The van der Waals surface area contributed by atoms with Gasteiger partial charge in [-0.1, -0.05) is 170 Å². The summed E-state index contributed by atoms with van der Waals surface area (Å²) < 4.78 is 2.41. The highest BCUT2D eigenvalue weighted by molar-refractivity contribution is 6.10. The molecule has 0 saturated heterocycles. The minimum absolute atomic E-state index is 1.11. The first-order valence-corrected chi connectivity index (χ1v) is 18.5. The van der Waals surface area contributed by atoms with Crippen LogP contribution in [-0.2, 0) is 0 Å². The molecule has 9 aromatic carbocycles. The highest BCUT2D eigenvalue weighted by atomic mass is 15.1. The van der Waals surface area contributed by atoms with Crippen LogP contribution >= 0.6 is 0 Å². The number of nitrogens with zero attached hydrogens (tertiary/aromatic N) is 2. The van der Waals surface area contributed by atoms with Crippen molar-refractivity contribution in [3.63, 3.8) is 0 Å². The van der Waals surface area contributed by atoms with Crippen molar-refractivity contribution in [2.75, 3.05) is 4.90 Å². The van der Waals surface area contributed by atoms with Crippen molar-refractivity contribution in [1.82, 2.24) is 4.57 Å². The zero-order valence-electron chi connectivity index (χ0n) is 29.7. The van der Waals surface area contributed by atoms with Crippen molar-refractivity contribution >= 4 is 49.6 Å². The van der Waals surface area contributed by atoms with E-state index >= 15 is 0 Å². The molecule has 0 fully saturated rings. The van der Waals surface area contributed by atoms with Gasteiger partial charge < -0.3 is 9.47 Å². The first-order valence-electron chi connectivity index (χ1n) is 18.5. The Morgan fingerprint density at radius 2 is 0.741 bits per heavy atom. The molecule has 0 bridgehead atoms. The van der Waals surface area contributed by atoms with Crippen molar-refractivity contribution < 1.29 is 0 Å². The van der Waals surface area contributed by atoms with Gasteiger partial charge >= 0.3 is 0 Å². The molecule has 0 N–H and O–H groups in total. The zero-order chi connectivity index (χ0) is 35.8. The van der Waals surface area contributed by atoms with Gasteiger partial charge in [-0.05, 0) is 81.7 Å². The molecule has 0 spiro atoms. The molecule has 1 heterocycles. The van der Waals surface area contributed by atoms with Crippen molar-refractivity contribution in [3.8, 4) is 39.1 Å². The summed E-state index contributed by atoms with van der Waals surface area (Å²) in [5.74, 6) is 0. The van der Waals surface area contributed by atoms with Gasteiger partial charge in [-0.25, -0.2) is 0 Å². The molecule has 254 valence electrons. The maximum absolute atomic E-state index is 2.41. The summed E-state index contributed by atoms with van der Waals surface area (Å²) in [5.41, 5.74) is 14.2. The first kappa shape index (κ1) is 31.6. The predicted octanol–water partition coefficient (Wildman–Crippen LogP) is 14.4. The van der Waals surface area contributed by atoms with Crippen LogP contribution < -0.4 is 4.90 Å². The fourth-order valence-electron chi connectivity index (χ4n) is 8.09. The summed E-state index contributed by atoms with van der Waals surface area (Å²) in [6.45, 7) is 0. The molecular weight excluding hydrogens is 653 g/mol. The summed E-state index contributed by atoms with van der Waals surface area (Å²) in [6.07, 6.45) is 0. The second-order valence-electron chi connectivity index (χ2n) is 13.7. The fraction of sp³-hybridized carbons (Fsp3) is 0. The molecule has 10 aromatic rings. The summed E-state index contributed by atoms with van der Waals surface area (Å²) in [6, 6.07) is 78.7. The van der Waals surface area contributed by atoms with Gasteiger partial charge in [0.05, 0.1) is 22.4 Å². The Morgan fingerprint density at radius 3 is 1.41 bits per heavy atom. The number of hydrogen-bond acceptors (Lipinski definition) is 1. The zero-order valence-corrected chi connectivity index (χ0v) is 29.7. The van der Waals surface area contributed by atoms with Crippen LogP contribution in [0.15, 0.2) is 218 Å². The van der Waals surface area contributed by atoms with Gasteiger partial charge in [0.25, 0.3) is 0 Å². The Balaban J connectivity index is 1.01. The third-order valence-corrected chi connectivity index (χ3v) is 10.6. The van der Waals surface area contributed by atoms with Crippen LogP contribution in [0.1, 0.15) is 0 Å². The number of anilines is 3. The minimum atomic E-state index is 1.11. The molecule has 0 atom stereocenters. The third-order valence-electron chi connectivity index (χ3n) is 10.6. The van der Waals surface area contributed by atoms with Crippen LogP contribution in [0.3, 0.4) is 0 Å². The molecule has 2 heteroatoms. The first-order chi connectivity index (χ1) is 26.8. The van der Waals surface area contributed by atoms with Crippen molar-refractivity contribution in [2.45, 2.75) is 0 Å². The van der Waals surface area contributed by atoms with Crippen molar-refractivity contribution in [1.29, 1.82) is 0 Å². The van der Waals surface area contributed by atoms with Gasteiger partial charge in [0.1, 0.15) is 0 Å². The standard InChI is InChI=1S/C52H36N2/c1-3-15-39(16-4-1)43-35-36-52(46-21-8-7-20-45(43)46)53(41-17-5-2-6-18-41)42-33-31-38(32-34-42)37-27-29-40(30-28-37)44-19-9-12-24-49(44)54-50-25-13-10-22-47(50)48-23-11-14-26-51(48)54/h1-36H. The largest absolute Gasteiger partial charge is 0.310 e. The number of benzene rings is 9. The lowest BCUT2D eigenvalue weighted by molar-refractivity contribution is 1.18. The van der Waals surface area contributed by atoms with Gasteiger partial charge in [0.2, 0.25) is 0 Å². The Morgan fingerprint density at radius 1 is 0.278 bits per heavy atom. The molecule has 1 aromatic heterocycles. The molecule has 0 saturated carbocycles. The van der Waals surface area contributed by atoms with E-state index in [9.17, 15) is 0 Å². The van der Waals surface area contributed by atoms with Crippen LogP contribution in [0.2, 0.25) is 0 Å². The van der Waals surface area contributed by atoms with Gasteiger partial charge in [0.15, 0.2) is 0 Å². The number of fused-ring (bicyclic) bond motifs is 4. The monoisotopic (exact) mass is 688 g/mol. The van der Waals surface area contributed by atoms with E-state index < -0.39 is 0 Å². The molecule has 0 radical (unpaired) electrons. The van der Waals surface area contributed by atoms with E-state index in [0.29, 0.717) is 0 Å². The lowest BCUT2D eigenvalue weighted by Gasteiger charge is -2.27. The van der Waals surface area contributed by atoms with E-state index in [-0.39, 0.29) is 0 Å².